The van der Waals surface area contributed by atoms with Crippen molar-refractivity contribution in [3.63, 3.8) is 0 Å². The molecule has 3 aromatic rings. The molecule has 3 rings (SSSR count). The fourth-order valence-electron chi connectivity index (χ4n) is 2.35. The quantitative estimate of drug-likeness (QED) is 0.643. The minimum Gasteiger partial charge on any atom is -0.496 e. The molecule has 0 bridgehead atoms. The normalized spacial score (nSPS) is 10.4. The van der Waals surface area contributed by atoms with Crippen LogP contribution in [-0.4, -0.2) is 25.1 Å². The van der Waals surface area contributed by atoms with Gasteiger partial charge < -0.3 is 9.47 Å². The van der Waals surface area contributed by atoms with Crippen LogP contribution in [0.2, 0.25) is 0 Å². The van der Waals surface area contributed by atoms with Crippen molar-refractivity contribution in [2.24, 2.45) is 0 Å². The molecule has 0 fully saturated rings. The smallest absolute Gasteiger partial charge is 0.265 e. The minimum atomic E-state index is -0.329. The predicted molar refractivity (Wildman–Crippen MR) is 103 cm³/mol. The molecule has 1 heterocycles. The molecule has 1 N–H and O–H groups in total. The summed E-state index contributed by atoms with van der Waals surface area (Å²) < 4.78 is 11.5. The monoisotopic (exact) mass is 418 g/mol. The molecular formula is C18H15BrN2O3S. The second kappa shape index (κ2) is 7.67. The van der Waals surface area contributed by atoms with Gasteiger partial charge in [-0.15, -0.1) is 11.3 Å². The number of ether oxygens (including phenoxy) is 2. The van der Waals surface area contributed by atoms with Gasteiger partial charge in [-0.3, -0.25) is 10.1 Å². The number of aromatic nitrogens is 1. The van der Waals surface area contributed by atoms with E-state index in [4.69, 9.17) is 9.47 Å². The number of benzene rings is 2. The zero-order valence-corrected chi connectivity index (χ0v) is 16.0. The Labute approximate surface area is 157 Å². The molecule has 0 aliphatic heterocycles. The van der Waals surface area contributed by atoms with Crippen molar-refractivity contribution < 1.29 is 14.3 Å². The summed E-state index contributed by atoms with van der Waals surface area (Å²) >= 11 is 4.81. The van der Waals surface area contributed by atoms with Crippen LogP contribution in [0, 0.1) is 0 Å². The summed E-state index contributed by atoms with van der Waals surface area (Å²) in [6.07, 6.45) is 0. The maximum atomic E-state index is 12.7. The van der Waals surface area contributed by atoms with Crippen LogP contribution >= 0.6 is 27.3 Å². The number of nitrogens with zero attached hydrogens (tertiary/aromatic N) is 1. The highest BCUT2D eigenvalue weighted by atomic mass is 79.9. The third-order valence-electron chi connectivity index (χ3n) is 3.50. The third-order valence-corrected chi connectivity index (χ3v) is 4.75. The van der Waals surface area contributed by atoms with Crippen molar-refractivity contribution in [3.05, 3.63) is 57.9 Å². The molecule has 0 unspecified atom stereocenters. The van der Waals surface area contributed by atoms with Gasteiger partial charge in [0.1, 0.15) is 17.1 Å². The number of thiazole rings is 1. The molecule has 0 spiro atoms. The number of carbonyl (C=O) groups excluding carboxylic acids is 1. The first-order chi connectivity index (χ1) is 12.1. The number of nitrogens with one attached hydrogen (secondary N) is 1. The molecule has 0 saturated carbocycles. The number of methoxy groups -OCH3 is 2. The molecule has 0 radical (unpaired) electrons. The van der Waals surface area contributed by atoms with Gasteiger partial charge in [0.2, 0.25) is 0 Å². The lowest BCUT2D eigenvalue weighted by Gasteiger charge is -2.11. The van der Waals surface area contributed by atoms with Crippen LogP contribution in [0.15, 0.2) is 52.3 Å². The molecule has 7 heteroatoms. The third kappa shape index (κ3) is 3.83. The van der Waals surface area contributed by atoms with Crippen LogP contribution in [0.1, 0.15) is 10.4 Å². The number of hydrogen-bond donors (Lipinski definition) is 1. The Hall–Kier alpha value is -2.38. The highest BCUT2D eigenvalue weighted by Gasteiger charge is 2.19. The lowest BCUT2D eigenvalue weighted by Crippen LogP contribution is -2.14. The topological polar surface area (TPSA) is 60.5 Å². The van der Waals surface area contributed by atoms with Crippen LogP contribution in [-0.2, 0) is 0 Å². The van der Waals surface area contributed by atoms with Crippen molar-refractivity contribution in [3.8, 4) is 22.8 Å². The summed E-state index contributed by atoms with van der Waals surface area (Å²) in [5, 5.41) is 5.22. The van der Waals surface area contributed by atoms with Crippen LogP contribution in [0.4, 0.5) is 5.13 Å². The molecule has 0 aliphatic carbocycles. The lowest BCUT2D eigenvalue weighted by molar-refractivity contribution is 0.102. The molecule has 1 aromatic heterocycles. The number of carbonyl (C=O) groups is 1. The highest BCUT2D eigenvalue weighted by Crippen LogP contribution is 2.31. The zero-order valence-electron chi connectivity index (χ0n) is 13.6. The second-order valence-corrected chi connectivity index (χ2v) is 6.81. The molecule has 2 aromatic carbocycles. The van der Waals surface area contributed by atoms with Crippen LogP contribution in [0.5, 0.6) is 11.5 Å². The van der Waals surface area contributed by atoms with Crippen molar-refractivity contribution in [1.29, 1.82) is 0 Å². The number of halogens is 1. The summed E-state index contributed by atoms with van der Waals surface area (Å²) in [4.78, 5) is 17.1. The Bertz CT molecular complexity index is 889. The predicted octanol–water partition coefficient (Wildman–Crippen LogP) is 4.84. The van der Waals surface area contributed by atoms with E-state index in [1.165, 1.54) is 25.6 Å². The standard InChI is InChI=1S/C18H15BrN2O3S/c1-23-14-7-4-8-15(24-2)16(14)17(22)21-18-20-13(10-25-18)11-5-3-6-12(19)9-11/h3-10H,1-2H3,(H,20,21,22). The lowest BCUT2D eigenvalue weighted by atomic mass is 10.1. The van der Waals surface area contributed by atoms with Gasteiger partial charge in [0, 0.05) is 15.4 Å². The number of amides is 1. The van der Waals surface area contributed by atoms with Crippen molar-refractivity contribution in [2.45, 2.75) is 0 Å². The summed E-state index contributed by atoms with van der Waals surface area (Å²) in [6, 6.07) is 13.0. The van der Waals surface area contributed by atoms with E-state index in [2.05, 4.69) is 26.2 Å². The zero-order chi connectivity index (χ0) is 17.8. The Kier molecular flexibility index (Phi) is 5.35. The molecule has 0 aliphatic rings. The molecule has 0 saturated heterocycles. The largest absolute Gasteiger partial charge is 0.496 e. The minimum absolute atomic E-state index is 0.329. The SMILES string of the molecule is COc1cccc(OC)c1C(=O)Nc1nc(-c2cccc(Br)c2)cs1. The molecule has 0 atom stereocenters. The second-order valence-electron chi connectivity index (χ2n) is 5.04. The Morgan fingerprint density at radius 1 is 1.12 bits per heavy atom. The number of anilines is 1. The number of rotatable bonds is 5. The molecule has 1 amide bonds. The fourth-order valence-corrected chi connectivity index (χ4v) is 3.46. The molecule has 5 nitrogen and oxygen atoms in total. The average Bonchev–Trinajstić information content (AvgIpc) is 3.09. The highest BCUT2D eigenvalue weighted by molar-refractivity contribution is 9.10. The van der Waals surface area contributed by atoms with Gasteiger partial charge in [-0.1, -0.05) is 34.1 Å². The molecule has 128 valence electrons. The van der Waals surface area contributed by atoms with Gasteiger partial charge >= 0.3 is 0 Å². The first kappa shape index (κ1) is 17.4. The van der Waals surface area contributed by atoms with E-state index in [1.54, 1.807) is 18.2 Å². The summed E-state index contributed by atoms with van der Waals surface area (Å²) in [5.41, 5.74) is 2.11. The first-order valence-corrected chi connectivity index (χ1v) is 9.03. The van der Waals surface area contributed by atoms with E-state index in [0.717, 1.165) is 15.7 Å². The summed E-state index contributed by atoms with van der Waals surface area (Å²) in [6.45, 7) is 0. The van der Waals surface area contributed by atoms with Gasteiger partial charge in [-0.25, -0.2) is 4.98 Å². The van der Waals surface area contributed by atoms with Gasteiger partial charge in [0.05, 0.1) is 19.9 Å². The number of hydrogen-bond acceptors (Lipinski definition) is 5. The fraction of sp³-hybridized carbons (Fsp3) is 0.111. The van der Waals surface area contributed by atoms with E-state index in [1.807, 2.05) is 29.6 Å². The maximum absolute atomic E-state index is 12.7. The van der Waals surface area contributed by atoms with Crippen molar-refractivity contribution >= 4 is 38.3 Å². The van der Waals surface area contributed by atoms with Gasteiger partial charge in [0.25, 0.3) is 5.91 Å². The van der Waals surface area contributed by atoms with E-state index in [9.17, 15) is 4.79 Å². The van der Waals surface area contributed by atoms with Gasteiger partial charge in [-0.2, -0.15) is 0 Å². The maximum Gasteiger partial charge on any atom is 0.265 e. The van der Waals surface area contributed by atoms with E-state index in [0.29, 0.717) is 22.2 Å². The average molecular weight is 419 g/mol. The summed E-state index contributed by atoms with van der Waals surface area (Å²) in [5.74, 6) is 0.561. The first-order valence-electron chi connectivity index (χ1n) is 7.36. The summed E-state index contributed by atoms with van der Waals surface area (Å²) in [7, 11) is 3.03. The Balaban J connectivity index is 1.85. The Morgan fingerprint density at radius 3 is 2.44 bits per heavy atom. The van der Waals surface area contributed by atoms with Gasteiger partial charge in [0.15, 0.2) is 5.13 Å². The van der Waals surface area contributed by atoms with Gasteiger partial charge in [-0.05, 0) is 24.3 Å². The molecular weight excluding hydrogens is 404 g/mol. The molecule has 25 heavy (non-hydrogen) atoms. The van der Waals surface area contributed by atoms with Crippen molar-refractivity contribution in [2.75, 3.05) is 19.5 Å². The van der Waals surface area contributed by atoms with E-state index < -0.39 is 0 Å². The van der Waals surface area contributed by atoms with E-state index >= 15 is 0 Å². The van der Waals surface area contributed by atoms with Crippen LogP contribution in [0.3, 0.4) is 0 Å². The van der Waals surface area contributed by atoms with E-state index in [-0.39, 0.29) is 5.91 Å². The van der Waals surface area contributed by atoms with Crippen molar-refractivity contribution in [1.82, 2.24) is 4.98 Å². The van der Waals surface area contributed by atoms with Crippen LogP contribution < -0.4 is 14.8 Å². The van der Waals surface area contributed by atoms with Crippen LogP contribution in [0.25, 0.3) is 11.3 Å². The Morgan fingerprint density at radius 2 is 1.80 bits per heavy atom.